The summed E-state index contributed by atoms with van der Waals surface area (Å²) in [5.74, 6) is -0.527. The van der Waals surface area contributed by atoms with Crippen molar-refractivity contribution < 1.29 is 24.5 Å². The van der Waals surface area contributed by atoms with Crippen LogP contribution >= 0.6 is 0 Å². The number of unbranched alkanes of at least 4 members (excludes halogenated alkanes) is 27. The lowest BCUT2D eigenvalue weighted by Gasteiger charge is -2.24. The number of hydrogen-bond donors (Lipinski definition) is 3. The summed E-state index contributed by atoms with van der Waals surface area (Å²) < 4.78 is 5.94. The van der Waals surface area contributed by atoms with E-state index in [0.29, 0.717) is 19.3 Å². The largest absolute Gasteiger partial charge is 0.462 e. The number of amides is 1. The Balaban J connectivity index is 4.68. The molecule has 0 saturated heterocycles. The van der Waals surface area contributed by atoms with Gasteiger partial charge in [0.15, 0.2) is 0 Å². The second-order valence-electron chi connectivity index (χ2n) is 19.1. The van der Waals surface area contributed by atoms with Gasteiger partial charge in [0.25, 0.3) is 0 Å². The normalized spacial score (nSPS) is 13.8. The first-order chi connectivity index (χ1) is 33.0. The number of nitrogens with one attached hydrogen (secondary N) is 1. The van der Waals surface area contributed by atoms with Crippen molar-refractivity contribution in [2.75, 3.05) is 6.61 Å². The van der Waals surface area contributed by atoms with Crippen molar-refractivity contribution in [2.45, 2.75) is 283 Å². The van der Waals surface area contributed by atoms with Crippen LogP contribution in [0.2, 0.25) is 0 Å². The fourth-order valence-electron chi connectivity index (χ4n) is 8.21. The summed E-state index contributed by atoms with van der Waals surface area (Å²) in [6.07, 6.45) is 70.6. The molecule has 6 nitrogen and oxygen atoms in total. The van der Waals surface area contributed by atoms with Gasteiger partial charge in [-0.05, 0) is 89.9 Å². The Labute approximate surface area is 414 Å². The highest BCUT2D eigenvalue weighted by Gasteiger charge is 2.24. The highest BCUT2D eigenvalue weighted by Crippen LogP contribution is 2.17. The molecule has 0 saturated carbocycles. The molecule has 0 radical (unpaired) electrons. The maximum Gasteiger partial charge on any atom is 0.306 e. The molecular weight excluding hydrogens is 827 g/mol. The van der Waals surface area contributed by atoms with Crippen LogP contribution < -0.4 is 5.32 Å². The Morgan fingerprint density at radius 3 is 1.33 bits per heavy atom. The molecular formula is C61H107NO5. The Kier molecular flexibility index (Phi) is 51.6. The Morgan fingerprint density at radius 1 is 0.448 bits per heavy atom. The molecule has 0 bridgehead atoms. The average molecular weight is 935 g/mol. The van der Waals surface area contributed by atoms with Gasteiger partial charge in [0.1, 0.15) is 6.10 Å². The van der Waals surface area contributed by atoms with E-state index in [-0.39, 0.29) is 24.9 Å². The van der Waals surface area contributed by atoms with Crippen LogP contribution in [0, 0.1) is 0 Å². The molecule has 0 spiro atoms. The Bertz CT molecular complexity index is 1280. The van der Waals surface area contributed by atoms with E-state index in [1.807, 2.05) is 6.08 Å². The van der Waals surface area contributed by atoms with Gasteiger partial charge < -0.3 is 20.3 Å². The van der Waals surface area contributed by atoms with Crippen molar-refractivity contribution in [3.63, 3.8) is 0 Å². The van der Waals surface area contributed by atoms with Gasteiger partial charge in [-0.25, -0.2) is 0 Å². The molecule has 0 aliphatic carbocycles. The molecule has 3 N–H and O–H groups in total. The number of ether oxygens (including phenoxy) is 1. The van der Waals surface area contributed by atoms with Crippen LogP contribution in [0.1, 0.15) is 265 Å². The number of aliphatic hydroxyl groups is 2. The molecule has 0 aliphatic rings. The van der Waals surface area contributed by atoms with Crippen LogP contribution in [-0.2, 0) is 14.3 Å². The minimum absolute atomic E-state index is 0.0428. The monoisotopic (exact) mass is 934 g/mol. The van der Waals surface area contributed by atoms with E-state index in [1.54, 1.807) is 0 Å². The SMILES string of the molecule is CCCCC/C=C\C/C=C\C/C=C\CCCCCCCCC(=O)OC(CCCCC/C=C/C=C/C=C/C=C/CCCCC)CC(=O)NC(CO)C(O)CCCCCCCCCCCCCCC. The van der Waals surface area contributed by atoms with E-state index in [9.17, 15) is 19.8 Å². The van der Waals surface area contributed by atoms with Gasteiger partial charge >= 0.3 is 5.97 Å². The number of esters is 1. The van der Waals surface area contributed by atoms with E-state index in [2.05, 4.69) is 105 Å². The molecule has 0 rings (SSSR count). The standard InChI is InChI=1S/C61H107NO5/c1-4-7-10-13-16-19-22-25-27-29-30-31-33-36-39-42-45-48-51-54-61(66)67-57(52-49-46-43-40-37-35-32-28-26-23-20-17-14-11-8-5-2)55-60(65)62-58(56-63)59(64)53-50-47-44-41-38-34-24-21-18-15-12-9-6-3/h16-17,19-20,23,25-28,30-32,35,37,57-59,63-64H,4-15,18,21-22,24,29,33-34,36,38-56H2,1-3H3,(H,62,65)/b19-16-,20-17+,26-23+,27-25-,31-30-,32-28+,37-35+. The van der Waals surface area contributed by atoms with Crippen molar-refractivity contribution in [1.82, 2.24) is 5.32 Å². The number of hydrogen-bond acceptors (Lipinski definition) is 5. The zero-order valence-corrected chi connectivity index (χ0v) is 44.0. The predicted octanol–water partition coefficient (Wildman–Crippen LogP) is 17.5. The highest BCUT2D eigenvalue weighted by molar-refractivity contribution is 5.77. The van der Waals surface area contributed by atoms with Crippen LogP contribution in [0.15, 0.2) is 85.1 Å². The minimum atomic E-state index is -0.806. The van der Waals surface area contributed by atoms with Crippen LogP contribution in [-0.4, -0.2) is 46.9 Å². The lowest BCUT2D eigenvalue weighted by Crippen LogP contribution is -2.46. The summed E-state index contributed by atoms with van der Waals surface area (Å²) in [5, 5.41) is 23.8. The zero-order valence-electron chi connectivity index (χ0n) is 44.0. The number of carbonyl (C=O) groups is 2. The van der Waals surface area contributed by atoms with Gasteiger partial charge in [0, 0.05) is 6.42 Å². The van der Waals surface area contributed by atoms with Crippen molar-refractivity contribution >= 4 is 11.9 Å². The van der Waals surface area contributed by atoms with E-state index < -0.39 is 18.2 Å². The Morgan fingerprint density at radius 2 is 0.821 bits per heavy atom. The molecule has 0 aromatic carbocycles. The summed E-state index contributed by atoms with van der Waals surface area (Å²) >= 11 is 0. The lowest BCUT2D eigenvalue weighted by atomic mass is 10.0. The van der Waals surface area contributed by atoms with Crippen LogP contribution in [0.3, 0.4) is 0 Å². The van der Waals surface area contributed by atoms with Gasteiger partial charge in [-0.15, -0.1) is 0 Å². The van der Waals surface area contributed by atoms with E-state index in [1.165, 1.54) is 128 Å². The van der Waals surface area contributed by atoms with Gasteiger partial charge in [-0.3, -0.25) is 9.59 Å². The fraction of sp³-hybridized carbons (Fsp3) is 0.738. The molecule has 0 aliphatic heterocycles. The third kappa shape index (κ3) is 49.3. The number of allylic oxidation sites excluding steroid dienone is 14. The van der Waals surface area contributed by atoms with Crippen LogP contribution in [0.5, 0.6) is 0 Å². The van der Waals surface area contributed by atoms with Crippen molar-refractivity contribution in [1.29, 1.82) is 0 Å². The van der Waals surface area contributed by atoms with Crippen molar-refractivity contribution in [3.05, 3.63) is 85.1 Å². The van der Waals surface area contributed by atoms with E-state index >= 15 is 0 Å². The number of aliphatic hydroxyl groups excluding tert-OH is 2. The quantitative estimate of drug-likeness (QED) is 0.0244. The lowest BCUT2D eigenvalue weighted by molar-refractivity contribution is -0.151. The molecule has 67 heavy (non-hydrogen) atoms. The Hall–Kier alpha value is -2.96. The molecule has 3 atom stereocenters. The van der Waals surface area contributed by atoms with E-state index in [0.717, 1.165) is 89.9 Å². The second-order valence-corrected chi connectivity index (χ2v) is 19.1. The first-order valence-corrected chi connectivity index (χ1v) is 28.4. The van der Waals surface area contributed by atoms with Gasteiger partial charge in [-0.2, -0.15) is 0 Å². The number of rotatable bonds is 50. The minimum Gasteiger partial charge on any atom is -0.462 e. The third-order valence-corrected chi connectivity index (χ3v) is 12.5. The highest BCUT2D eigenvalue weighted by atomic mass is 16.5. The summed E-state index contributed by atoms with van der Waals surface area (Å²) in [5.41, 5.74) is 0. The number of carbonyl (C=O) groups excluding carboxylic acids is 2. The second kappa shape index (κ2) is 54.0. The maximum atomic E-state index is 13.3. The molecule has 0 aromatic heterocycles. The van der Waals surface area contributed by atoms with E-state index in [4.69, 9.17) is 4.74 Å². The predicted molar refractivity (Wildman–Crippen MR) is 291 cm³/mol. The maximum absolute atomic E-state index is 13.3. The molecule has 1 amide bonds. The molecule has 0 heterocycles. The molecule has 3 unspecified atom stereocenters. The molecule has 0 fully saturated rings. The van der Waals surface area contributed by atoms with Crippen molar-refractivity contribution in [2.24, 2.45) is 0 Å². The van der Waals surface area contributed by atoms with Gasteiger partial charge in [0.2, 0.25) is 5.91 Å². The first kappa shape index (κ1) is 64.0. The summed E-state index contributed by atoms with van der Waals surface area (Å²) in [6.45, 7) is 6.41. The zero-order chi connectivity index (χ0) is 48.8. The average Bonchev–Trinajstić information content (AvgIpc) is 3.32. The first-order valence-electron chi connectivity index (χ1n) is 28.4. The van der Waals surface area contributed by atoms with Crippen LogP contribution in [0.4, 0.5) is 0 Å². The van der Waals surface area contributed by atoms with Crippen LogP contribution in [0.25, 0.3) is 0 Å². The third-order valence-electron chi connectivity index (χ3n) is 12.5. The topological polar surface area (TPSA) is 95.9 Å². The molecule has 6 heteroatoms. The summed E-state index contributed by atoms with van der Waals surface area (Å²) in [7, 11) is 0. The smallest absolute Gasteiger partial charge is 0.306 e. The van der Waals surface area contributed by atoms with Gasteiger partial charge in [-0.1, -0.05) is 247 Å². The van der Waals surface area contributed by atoms with Gasteiger partial charge in [0.05, 0.1) is 25.2 Å². The summed E-state index contributed by atoms with van der Waals surface area (Å²) in [4.78, 5) is 26.3. The van der Waals surface area contributed by atoms with Crippen molar-refractivity contribution in [3.8, 4) is 0 Å². The summed E-state index contributed by atoms with van der Waals surface area (Å²) in [6, 6.07) is -0.722. The molecule has 0 aromatic rings. The molecule has 386 valence electrons. The fourth-order valence-corrected chi connectivity index (χ4v) is 8.21.